The fourth-order valence-electron chi connectivity index (χ4n) is 2.62. The normalized spacial score (nSPS) is 12.4. The number of hydrogen-bond acceptors (Lipinski definition) is 3. The highest BCUT2D eigenvalue weighted by Crippen LogP contribution is 2.21. The van der Waals surface area contributed by atoms with Crippen LogP contribution in [0.15, 0.2) is 48.5 Å². The van der Waals surface area contributed by atoms with Crippen molar-refractivity contribution in [2.75, 3.05) is 11.9 Å². The highest BCUT2D eigenvalue weighted by molar-refractivity contribution is 5.95. The number of rotatable bonds is 6. The van der Waals surface area contributed by atoms with Crippen LogP contribution in [0.4, 0.5) is 18.9 Å². The van der Waals surface area contributed by atoms with Crippen molar-refractivity contribution in [2.45, 2.75) is 32.6 Å². The first kappa shape index (κ1) is 21.4. The first-order chi connectivity index (χ1) is 13.1. The van der Waals surface area contributed by atoms with Crippen LogP contribution in [0.25, 0.3) is 0 Å². The molecule has 2 aromatic rings. The van der Waals surface area contributed by atoms with Gasteiger partial charge in [0.1, 0.15) is 6.04 Å². The number of benzene rings is 2. The van der Waals surface area contributed by atoms with Crippen molar-refractivity contribution in [1.29, 1.82) is 0 Å². The maximum atomic E-state index is 12.7. The van der Waals surface area contributed by atoms with Crippen LogP contribution in [0.1, 0.15) is 29.7 Å². The fraction of sp³-hybridized carbons (Fsp3) is 0.300. The molecule has 0 saturated heterocycles. The number of carbonyl (C=O) groups excluding carboxylic acids is 2. The van der Waals surface area contributed by atoms with Gasteiger partial charge in [-0.2, -0.15) is 13.2 Å². The van der Waals surface area contributed by atoms with Crippen molar-refractivity contribution >= 4 is 17.5 Å². The molecule has 1 atom stereocenters. The van der Waals surface area contributed by atoms with Crippen LogP contribution in [0.5, 0.6) is 0 Å². The van der Waals surface area contributed by atoms with E-state index in [4.69, 9.17) is 5.73 Å². The van der Waals surface area contributed by atoms with Gasteiger partial charge in [-0.3, -0.25) is 9.59 Å². The highest BCUT2D eigenvalue weighted by atomic mass is 19.4. The molecule has 0 spiro atoms. The summed E-state index contributed by atoms with van der Waals surface area (Å²) in [6.45, 7) is 3.08. The Bertz CT molecular complexity index is 835. The number of amides is 2. The summed E-state index contributed by atoms with van der Waals surface area (Å²) in [7, 11) is 0. The van der Waals surface area contributed by atoms with E-state index in [-0.39, 0.29) is 13.1 Å². The molecule has 0 fully saturated rings. The second-order valence-corrected chi connectivity index (χ2v) is 6.40. The van der Waals surface area contributed by atoms with Crippen LogP contribution >= 0.6 is 0 Å². The number of carbonyl (C=O) groups is 2. The molecule has 28 heavy (non-hydrogen) atoms. The van der Waals surface area contributed by atoms with Crippen LogP contribution in [0, 0.1) is 6.92 Å². The van der Waals surface area contributed by atoms with Crippen LogP contribution in [0.3, 0.4) is 0 Å². The lowest BCUT2D eigenvalue weighted by atomic mass is 10.1. The van der Waals surface area contributed by atoms with Gasteiger partial charge in [-0.05, 0) is 37.1 Å². The predicted octanol–water partition coefficient (Wildman–Crippen LogP) is 3.54. The molecule has 5 nitrogen and oxygen atoms in total. The monoisotopic (exact) mass is 393 g/mol. The molecular formula is C20H22F3N3O2. The largest absolute Gasteiger partial charge is 0.471 e. The van der Waals surface area contributed by atoms with Crippen LogP contribution in [-0.4, -0.2) is 29.4 Å². The molecule has 0 aliphatic rings. The topological polar surface area (TPSA) is 75.4 Å². The van der Waals surface area contributed by atoms with Crippen LogP contribution in [0.2, 0.25) is 0 Å². The highest BCUT2D eigenvalue weighted by Gasteiger charge is 2.41. The maximum Gasteiger partial charge on any atom is 0.471 e. The summed E-state index contributed by atoms with van der Waals surface area (Å²) < 4.78 is 38.0. The number of aryl methyl sites for hydroxylation is 1. The zero-order valence-corrected chi connectivity index (χ0v) is 15.6. The van der Waals surface area contributed by atoms with Crippen molar-refractivity contribution < 1.29 is 22.8 Å². The van der Waals surface area contributed by atoms with E-state index in [0.29, 0.717) is 21.7 Å². The Morgan fingerprint density at radius 3 is 2.36 bits per heavy atom. The first-order valence-corrected chi connectivity index (χ1v) is 8.70. The van der Waals surface area contributed by atoms with Gasteiger partial charge in [0, 0.05) is 18.8 Å². The molecule has 1 unspecified atom stereocenters. The van der Waals surface area contributed by atoms with E-state index in [1.165, 1.54) is 13.0 Å². The molecule has 0 radical (unpaired) electrons. The molecule has 150 valence electrons. The van der Waals surface area contributed by atoms with E-state index >= 15 is 0 Å². The van der Waals surface area contributed by atoms with Crippen molar-refractivity contribution in [3.8, 4) is 0 Å². The van der Waals surface area contributed by atoms with Gasteiger partial charge < -0.3 is 16.0 Å². The van der Waals surface area contributed by atoms with Gasteiger partial charge in [0.25, 0.3) is 0 Å². The van der Waals surface area contributed by atoms with E-state index in [1.807, 2.05) is 19.1 Å². The van der Waals surface area contributed by atoms with Gasteiger partial charge in [0.15, 0.2) is 0 Å². The summed E-state index contributed by atoms with van der Waals surface area (Å²) in [5.74, 6) is -2.34. The van der Waals surface area contributed by atoms with E-state index in [2.05, 4.69) is 5.32 Å². The Kier molecular flexibility index (Phi) is 6.80. The standard InChI is InChI=1S/C20H22F3N3O2/c1-3-26(19(28)20(21,22)23)12-14-5-4-6-16(11-14)25-18(27)17(24)15-9-7-13(2)8-10-15/h4-11,17H,3,12,24H2,1-2H3,(H,25,27). The Hall–Kier alpha value is -2.87. The number of alkyl halides is 3. The number of nitrogens with one attached hydrogen (secondary N) is 1. The molecule has 2 aromatic carbocycles. The number of nitrogens with two attached hydrogens (primary N) is 1. The lowest BCUT2D eigenvalue weighted by Crippen LogP contribution is -2.40. The molecule has 2 rings (SSSR count). The lowest BCUT2D eigenvalue weighted by molar-refractivity contribution is -0.185. The predicted molar refractivity (Wildman–Crippen MR) is 100 cm³/mol. The minimum absolute atomic E-state index is 0.0901. The van der Waals surface area contributed by atoms with Crippen LogP contribution in [-0.2, 0) is 16.1 Å². The van der Waals surface area contributed by atoms with Gasteiger partial charge in [-0.15, -0.1) is 0 Å². The maximum absolute atomic E-state index is 12.7. The third-order valence-corrected chi connectivity index (χ3v) is 4.20. The van der Waals surface area contributed by atoms with Crippen LogP contribution < -0.4 is 11.1 Å². The molecule has 0 heterocycles. The van der Waals surface area contributed by atoms with Crippen molar-refractivity contribution in [3.05, 3.63) is 65.2 Å². The Morgan fingerprint density at radius 2 is 1.79 bits per heavy atom. The second-order valence-electron chi connectivity index (χ2n) is 6.40. The van der Waals surface area contributed by atoms with Gasteiger partial charge >= 0.3 is 12.1 Å². The molecule has 0 saturated carbocycles. The number of anilines is 1. The average molecular weight is 393 g/mol. The van der Waals surface area contributed by atoms with Crippen molar-refractivity contribution in [3.63, 3.8) is 0 Å². The van der Waals surface area contributed by atoms with Crippen molar-refractivity contribution in [2.24, 2.45) is 5.73 Å². The molecular weight excluding hydrogens is 371 g/mol. The Balaban J connectivity index is 2.09. The Morgan fingerprint density at radius 1 is 1.14 bits per heavy atom. The molecule has 0 aromatic heterocycles. The molecule has 0 aliphatic carbocycles. The van der Waals surface area contributed by atoms with E-state index < -0.39 is 24.0 Å². The zero-order valence-electron chi connectivity index (χ0n) is 15.6. The van der Waals surface area contributed by atoms with Gasteiger partial charge in [0.05, 0.1) is 0 Å². The number of halogens is 3. The fourth-order valence-corrected chi connectivity index (χ4v) is 2.62. The summed E-state index contributed by atoms with van der Waals surface area (Å²) in [5.41, 5.74) is 8.51. The minimum atomic E-state index is -4.93. The first-order valence-electron chi connectivity index (χ1n) is 8.70. The molecule has 0 aliphatic heterocycles. The van der Waals surface area contributed by atoms with Gasteiger partial charge in [-0.1, -0.05) is 42.0 Å². The van der Waals surface area contributed by atoms with E-state index in [9.17, 15) is 22.8 Å². The zero-order chi connectivity index (χ0) is 20.9. The van der Waals surface area contributed by atoms with Gasteiger partial charge in [-0.25, -0.2) is 0 Å². The molecule has 2 amide bonds. The summed E-state index contributed by atoms with van der Waals surface area (Å²) in [6.07, 6.45) is -4.93. The van der Waals surface area contributed by atoms with Gasteiger partial charge in [0.2, 0.25) is 5.91 Å². The molecule has 0 bridgehead atoms. The quantitative estimate of drug-likeness (QED) is 0.788. The summed E-state index contributed by atoms with van der Waals surface area (Å²) >= 11 is 0. The SMILES string of the molecule is CCN(Cc1cccc(NC(=O)C(N)c2ccc(C)cc2)c1)C(=O)C(F)(F)F. The average Bonchev–Trinajstić information content (AvgIpc) is 2.65. The molecule has 3 N–H and O–H groups in total. The smallest absolute Gasteiger partial charge is 0.331 e. The second kappa shape index (κ2) is 8.88. The summed E-state index contributed by atoms with van der Waals surface area (Å²) in [6, 6.07) is 12.6. The van der Waals surface area contributed by atoms with E-state index in [1.54, 1.807) is 30.3 Å². The third-order valence-electron chi connectivity index (χ3n) is 4.20. The summed E-state index contributed by atoms with van der Waals surface area (Å²) in [5, 5.41) is 2.66. The lowest BCUT2D eigenvalue weighted by Gasteiger charge is -2.22. The van der Waals surface area contributed by atoms with E-state index in [0.717, 1.165) is 5.56 Å². The minimum Gasteiger partial charge on any atom is -0.331 e. The Labute approximate surface area is 161 Å². The number of nitrogens with zero attached hydrogens (tertiary/aromatic N) is 1. The third kappa shape index (κ3) is 5.56. The number of hydrogen-bond donors (Lipinski definition) is 2. The van der Waals surface area contributed by atoms with Crippen molar-refractivity contribution in [1.82, 2.24) is 4.90 Å². The summed E-state index contributed by atoms with van der Waals surface area (Å²) in [4.78, 5) is 24.5. The molecule has 8 heteroatoms.